The molecule has 0 saturated heterocycles. The number of rotatable bonds is 17. The summed E-state index contributed by atoms with van der Waals surface area (Å²) in [7, 11) is 1.70. The summed E-state index contributed by atoms with van der Waals surface area (Å²) in [5.74, 6) is 2.20. The smallest absolute Gasteiger partial charge is 0.278 e. The van der Waals surface area contributed by atoms with Gasteiger partial charge in [-0.05, 0) is 75.1 Å². The van der Waals surface area contributed by atoms with Crippen molar-refractivity contribution in [2.45, 2.75) is 83.4 Å². The van der Waals surface area contributed by atoms with Gasteiger partial charge >= 0.3 is 0 Å². The molecule has 3 atom stereocenters. The number of aliphatic hydroxyl groups is 1. The van der Waals surface area contributed by atoms with Crippen LogP contribution >= 0.6 is 0 Å². The maximum atomic E-state index is 13.3. The van der Waals surface area contributed by atoms with Crippen molar-refractivity contribution in [3.05, 3.63) is 109 Å². The lowest BCUT2D eigenvalue weighted by Crippen LogP contribution is -2.38. The van der Waals surface area contributed by atoms with Crippen molar-refractivity contribution in [3.63, 3.8) is 0 Å². The molecule has 21 nitrogen and oxygen atoms in total. The van der Waals surface area contributed by atoms with Crippen molar-refractivity contribution in [1.82, 2.24) is 74.4 Å². The Kier molecular flexibility index (Phi) is 11.6. The van der Waals surface area contributed by atoms with Gasteiger partial charge in [0.1, 0.15) is 12.2 Å². The van der Waals surface area contributed by atoms with Gasteiger partial charge in [0.2, 0.25) is 17.8 Å². The minimum absolute atomic E-state index is 0.0235. The number of imidazole rings is 1. The molecule has 1 aliphatic rings. The van der Waals surface area contributed by atoms with Crippen molar-refractivity contribution in [1.29, 1.82) is 0 Å². The van der Waals surface area contributed by atoms with E-state index in [-0.39, 0.29) is 42.7 Å². The molecule has 8 heterocycles. The number of carbonyl (C=O) groups excluding carboxylic acids is 1. The number of nitrogens with zero attached hydrogens (tertiary/aromatic N) is 15. The van der Waals surface area contributed by atoms with Crippen molar-refractivity contribution in [2.75, 3.05) is 25.1 Å². The molecule has 21 heteroatoms. The summed E-state index contributed by atoms with van der Waals surface area (Å²) in [5, 5.41) is 24.6. The Morgan fingerprint density at radius 2 is 1.36 bits per heavy atom. The molecule has 0 aromatic carbocycles. The van der Waals surface area contributed by atoms with Crippen LogP contribution in [0.5, 0.6) is 0 Å². The van der Waals surface area contributed by atoms with Gasteiger partial charge in [-0.1, -0.05) is 36.3 Å². The molecule has 344 valence electrons. The third-order valence-corrected chi connectivity index (χ3v) is 13.0. The molecule has 0 spiro atoms. The zero-order valence-electron chi connectivity index (χ0n) is 38.0. The summed E-state index contributed by atoms with van der Waals surface area (Å²) < 4.78 is 14.8. The quantitative estimate of drug-likeness (QED) is 0.108. The lowest BCUT2D eigenvalue weighted by molar-refractivity contribution is -0.131. The molecule has 9 rings (SSSR count). The molecule has 2 unspecified atom stereocenters. The number of aromatic nitrogens is 14. The number of amides is 1. The van der Waals surface area contributed by atoms with Gasteiger partial charge < -0.3 is 35.1 Å². The van der Waals surface area contributed by atoms with Gasteiger partial charge in [-0.15, -0.1) is 0 Å². The number of nitrogen functional groups attached to an aromatic ring is 2. The van der Waals surface area contributed by atoms with Gasteiger partial charge in [0.05, 0.1) is 52.5 Å². The summed E-state index contributed by atoms with van der Waals surface area (Å²) in [6.07, 6.45) is 19.2. The number of likely N-dealkylation sites (N-methyl/N-ethyl adjacent to an activating group) is 1. The Hall–Kier alpha value is -7.81. The Morgan fingerprint density at radius 1 is 0.761 bits per heavy atom. The molecule has 1 saturated carbocycles. The second-order valence-corrected chi connectivity index (χ2v) is 18.1. The third-order valence-electron chi connectivity index (χ3n) is 13.0. The average molecular weight is 906 g/mol. The van der Waals surface area contributed by atoms with Crippen LogP contribution in [-0.2, 0) is 28.7 Å². The highest BCUT2D eigenvalue weighted by Gasteiger charge is 2.48. The van der Waals surface area contributed by atoms with E-state index in [0.29, 0.717) is 53.4 Å². The van der Waals surface area contributed by atoms with Gasteiger partial charge in [0.15, 0.2) is 11.6 Å². The predicted molar refractivity (Wildman–Crippen MR) is 244 cm³/mol. The van der Waals surface area contributed by atoms with E-state index in [9.17, 15) is 9.90 Å². The van der Waals surface area contributed by atoms with E-state index < -0.39 is 16.4 Å². The molecule has 1 fully saturated rings. The van der Waals surface area contributed by atoms with Crippen LogP contribution in [0, 0.1) is 11.8 Å². The summed E-state index contributed by atoms with van der Waals surface area (Å²) in [4.78, 5) is 54.7. The number of anilines is 2. The predicted octanol–water partition coefficient (Wildman–Crippen LogP) is 5.03. The number of hydrogen-bond acceptors (Lipinski definition) is 18. The van der Waals surface area contributed by atoms with Crippen LogP contribution in [0.2, 0.25) is 0 Å². The molecule has 0 aliphatic heterocycles. The van der Waals surface area contributed by atoms with Crippen molar-refractivity contribution >= 4 is 17.8 Å². The van der Waals surface area contributed by atoms with Crippen molar-refractivity contribution < 1.29 is 18.9 Å². The topological polar surface area (TPSA) is 283 Å². The maximum Gasteiger partial charge on any atom is 0.278 e. The van der Waals surface area contributed by atoms with Crippen LogP contribution in [0.15, 0.2) is 95.4 Å². The number of nitrogens with two attached hydrogens (primary N) is 2. The third kappa shape index (κ3) is 9.09. The zero-order chi connectivity index (χ0) is 47.1. The fraction of sp³-hybridized carbons (Fsp3) is 0.370. The first-order valence-corrected chi connectivity index (χ1v) is 21.9. The van der Waals surface area contributed by atoms with E-state index in [1.54, 1.807) is 79.3 Å². The molecule has 0 radical (unpaired) electrons. The molecule has 1 aliphatic carbocycles. The van der Waals surface area contributed by atoms with Crippen LogP contribution in [0.3, 0.4) is 0 Å². The lowest BCUT2D eigenvalue weighted by atomic mass is 9.73. The van der Waals surface area contributed by atoms with Gasteiger partial charge in [-0.3, -0.25) is 19.4 Å². The normalized spacial score (nSPS) is 15.5. The van der Waals surface area contributed by atoms with Gasteiger partial charge in [0.25, 0.3) is 11.8 Å². The first kappa shape index (κ1) is 44.4. The molecule has 1 amide bonds. The average Bonchev–Trinajstić information content (AvgIpc) is 3.72. The Morgan fingerprint density at radius 3 is 1.96 bits per heavy atom. The zero-order valence-corrected chi connectivity index (χ0v) is 38.0. The highest BCUT2D eigenvalue weighted by molar-refractivity contribution is 5.75. The molecule has 0 bridgehead atoms. The number of carbonyl (C=O) groups is 1. The van der Waals surface area contributed by atoms with E-state index in [1.165, 1.54) is 4.68 Å². The van der Waals surface area contributed by atoms with E-state index >= 15 is 0 Å². The molecule has 67 heavy (non-hydrogen) atoms. The van der Waals surface area contributed by atoms with Crippen LogP contribution in [0.25, 0.3) is 45.6 Å². The molecule has 8 aromatic rings. The highest BCUT2D eigenvalue weighted by Crippen LogP contribution is 2.50. The summed E-state index contributed by atoms with van der Waals surface area (Å²) >= 11 is 0. The van der Waals surface area contributed by atoms with E-state index in [1.807, 2.05) is 30.5 Å². The summed E-state index contributed by atoms with van der Waals surface area (Å²) in [5.41, 5.74) is 14.8. The van der Waals surface area contributed by atoms with Gasteiger partial charge in [0, 0.05) is 74.3 Å². The van der Waals surface area contributed by atoms with Gasteiger partial charge in [-0.25, -0.2) is 24.9 Å². The van der Waals surface area contributed by atoms with Crippen LogP contribution in [-0.4, -0.2) is 105 Å². The SMILES string of the molecule is CC(C)C(C)(c1ccc(-c2cnc(N)nc2)nc1)c1noc(-c2cn(CC(C)(O)CCN(C)C(=O)Cn3cc(-c4nc([C@](C)(c5ccc(-c6cnc(N)nc6)nc5)C5CC5)no4)cn3)cn2)n1. The first-order chi connectivity index (χ1) is 32.1. The van der Waals surface area contributed by atoms with E-state index in [0.717, 1.165) is 40.8 Å². The summed E-state index contributed by atoms with van der Waals surface area (Å²) in [6, 6.07) is 7.85. The minimum atomic E-state index is -1.19. The van der Waals surface area contributed by atoms with E-state index in [4.69, 9.17) is 30.5 Å². The molecule has 8 aromatic heterocycles. The van der Waals surface area contributed by atoms with E-state index in [2.05, 4.69) is 78.0 Å². The number of pyridine rings is 2. The Labute approximate surface area is 385 Å². The van der Waals surface area contributed by atoms with Crippen LogP contribution in [0.1, 0.15) is 76.7 Å². The highest BCUT2D eigenvalue weighted by atomic mass is 16.5. The monoisotopic (exact) mass is 905 g/mol. The second kappa shape index (κ2) is 17.5. The molecular weight excluding hydrogens is 855 g/mol. The molecule has 5 N–H and O–H groups in total. The summed E-state index contributed by atoms with van der Waals surface area (Å²) in [6.45, 7) is 10.5. The van der Waals surface area contributed by atoms with Crippen molar-refractivity contribution in [2.24, 2.45) is 11.8 Å². The second-order valence-electron chi connectivity index (χ2n) is 18.1. The Balaban J connectivity index is 0.791. The van der Waals surface area contributed by atoms with Crippen LogP contribution in [0.4, 0.5) is 11.9 Å². The first-order valence-electron chi connectivity index (χ1n) is 21.9. The largest absolute Gasteiger partial charge is 0.388 e. The fourth-order valence-electron chi connectivity index (χ4n) is 8.09. The number of hydrogen-bond donors (Lipinski definition) is 3. The Bertz CT molecular complexity index is 2970. The van der Waals surface area contributed by atoms with Crippen molar-refractivity contribution in [3.8, 4) is 45.6 Å². The van der Waals surface area contributed by atoms with Gasteiger partial charge in [-0.2, -0.15) is 15.1 Å². The minimum Gasteiger partial charge on any atom is -0.388 e. The van der Waals surface area contributed by atoms with Crippen LogP contribution < -0.4 is 11.5 Å². The maximum absolute atomic E-state index is 13.3. The lowest BCUT2D eigenvalue weighted by Gasteiger charge is -2.30. The standard InChI is InChI=1S/C46H51N17O4/c1-27(2)45(4,32-9-11-34(49-20-32)28-15-51-42(47)52-16-28)40-58-39(67-59-40)36-23-62(26-55-36)25-44(3,65)13-14-61(6)37(64)24-63-22-30(19-56-63)38-57-41(60-66-38)46(5,31-7-8-31)33-10-12-35(50-21-33)29-17-53-43(48)54-18-29/h9-12,15-23,26-27,31,65H,7-8,13-14,24-25H2,1-6H3,(H2,47,51,52)(H2,48,53,54)/t44?,45?,46-/m0/s1. The molecular formula is C46H51N17O4. The fourth-order valence-corrected chi connectivity index (χ4v) is 8.09.